The van der Waals surface area contributed by atoms with E-state index >= 15 is 0 Å². The van der Waals surface area contributed by atoms with Gasteiger partial charge in [-0.1, -0.05) is 0 Å². The average molecular weight is 127 g/mol. The van der Waals surface area contributed by atoms with E-state index in [-0.39, 0.29) is 13.1 Å². The van der Waals surface area contributed by atoms with E-state index in [0.717, 1.165) is 0 Å². The molecule has 0 radical (unpaired) electrons. The van der Waals surface area contributed by atoms with Crippen molar-refractivity contribution in [1.29, 1.82) is 0 Å². The van der Waals surface area contributed by atoms with Gasteiger partial charge in [0.2, 0.25) is 11.6 Å². The van der Waals surface area contributed by atoms with Gasteiger partial charge >= 0.3 is 0 Å². The monoisotopic (exact) mass is 127 g/mol. The summed E-state index contributed by atoms with van der Waals surface area (Å²) in [6, 6.07) is 0. The van der Waals surface area contributed by atoms with Gasteiger partial charge in [0.25, 0.3) is 5.78 Å². The molecule has 0 unspecified atom stereocenters. The number of nitrogens with one attached hydrogen (secondary N) is 1. The first-order valence-electron chi connectivity index (χ1n) is 2.53. The van der Waals surface area contributed by atoms with E-state index in [2.05, 4.69) is 5.32 Å². The van der Waals surface area contributed by atoms with Crippen LogP contribution in [-0.2, 0) is 14.4 Å². The lowest BCUT2D eigenvalue weighted by Gasteiger charge is -2.06. The Kier molecular flexibility index (Phi) is 1.40. The molecule has 1 N–H and O–H groups in total. The molecule has 1 rings (SSSR count). The first-order valence-corrected chi connectivity index (χ1v) is 2.53. The topological polar surface area (TPSA) is 63.2 Å². The fourth-order valence-corrected chi connectivity index (χ4v) is 0.606. The molecule has 4 heteroatoms. The van der Waals surface area contributed by atoms with Crippen molar-refractivity contribution in [3.8, 4) is 0 Å². The third-order valence-corrected chi connectivity index (χ3v) is 1.08. The van der Waals surface area contributed by atoms with Gasteiger partial charge in [0.15, 0.2) is 0 Å². The molecule has 1 heterocycles. The van der Waals surface area contributed by atoms with Crippen LogP contribution in [0.25, 0.3) is 0 Å². The summed E-state index contributed by atoms with van der Waals surface area (Å²) < 4.78 is 0. The SMILES string of the molecule is O=C1CNCC(=O)C1=O. The summed E-state index contributed by atoms with van der Waals surface area (Å²) in [7, 11) is 0. The second-order valence-corrected chi connectivity index (χ2v) is 1.78. The van der Waals surface area contributed by atoms with E-state index in [1.165, 1.54) is 0 Å². The molecule has 0 aromatic rings. The molecule has 0 aromatic heterocycles. The van der Waals surface area contributed by atoms with Crippen LogP contribution in [0.15, 0.2) is 0 Å². The summed E-state index contributed by atoms with van der Waals surface area (Å²) in [5, 5.41) is 2.49. The highest BCUT2D eigenvalue weighted by molar-refractivity contribution is 6.65. The predicted molar refractivity (Wildman–Crippen MR) is 27.9 cm³/mol. The van der Waals surface area contributed by atoms with Gasteiger partial charge in [-0.2, -0.15) is 0 Å². The van der Waals surface area contributed by atoms with E-state index in [9.17, 15) is 14.4 Å². The predicted octanol–water partition coefficient (Wildman–Crippen LogP) is -1.70. The molecular weight excluding hydrogens is 122 g/mol. The maximum absolute atomic E-state index is 10.4. The fraction of sp³-hybridized carbons (Fsp3) is 0.400. The number of carbonyl (C=O) groups is 3. The van der Waals surface area contributed by atoms with Crippen molar-refractivity contribution in [3.63, 3.8) is 0 Å². The average Bonchev–Trinajstić information content (AvgIpc) is 1.83. The van der Waals surface area contributed by atoms with E-state index in [0.29, 0.717) is 0 Å². The number of rotatable bonds is 0. The number of carbonyl (C=O) groups excluding carboxylic acids is 3. The molecule has 0 amide bonds. The van der Waals surface area contributed by atoms with Crippen LogP contribution in [0.5, 0.6) is 0 Å². The van der Waals surface area contributed by atoms with Crippen LogP contribution in [0.1, 0.15) is 0 Å². The van der Waals surface area contributed by atoms with Crippen LogP contribution in [0.2, 0.25) is 0 Å². The van der Waals surface area contributed by atoms with E-state index in [1.807, 2.05) is 0 Å². The van der Waals surface area contributed by atoms with Gasteiger partial charge in [-0.25, -0.2) is 0 Å². The molecule has 0 aromatic carbocycles. The lowest BCUT2D eigenvalue weighted by atomic mass is 10.1. The summed E-state index contributed by atoms with van der Waals surface area (Å²) in [4.78, 5) is 31.1. The van der Waals surface area contributed by atoms with Gasteiger partial charge in [-0.05, 0) is 0 Å². The molecule has 9 heavy (non-hydrogen) atoms. The normalized spacial score (nSPS) is 20.7. The van der Waals surface area contributed by atoms with Crippen molar-refractivity contribution in [2.45, 2.75) is 0 Å². The number of piperidine rings is 1. The molecule has 0 atom stereocenters. The van der Waals surface area contributed by atoms with Crippen LogP contribution < -0.4 is 5.32 Å². The van der Waals surface area contributed by atoms with Crippen LogP contribution in [0.4, 0.5) is 0 Å². The Morgan fingerprint density at radius 2 is 1.44 bits per heavy atom. The highest BCUT2D eigenvalue weighted by Gasteiger charge is 2.25. The van der Waals surface area contributed by atoms with Crippen LogP contribution in [-0.4, -0.2) is 30.4 Å². The molecule has 0 bridgehead atoms. The van der Waals surface area contributed by atoms with E-state index in [1.54, 1.807) is 0 Å². The van der Waals surface area contributed by atoms with Crippen molar-refractivity contribution in [3.05, 3.63) is 0 Å². The number of hydrogen-bond donors (Lipinski definition) is 1. The summed E-state index contributed by atoms with van der Waals surface area (Å²) in [5.41, 5.74) is 0. The molecular formula is C5H5NO3. The van der Waals surface area contributed by atoms with Crippen LogP contribution in [0, 0.1) is 0 Å². The zero-order valence-corrected chi connectivity index (χ0v) is 4.64. The Morgan fingerprint density at radius 3 is 1.78 bits per heavy atom. The smallest absolute Gasteiger partial charge is 0.266 e. The maximum atomic E-state index is 10.4. The Morgan fingerprint density at radius 1 is 1.00 bits per heavy atom. The largest absolute Gasteiger partial charge is 0.302 e. The highest BCUT2D eigenvalue weighted by atomic mass is 16.2. The third kappa shape index (κ3) is 1.02. The second-order valence-electron chi connectivity index (χ2n) is 1.78. The first kappa shape index (κ1) is 6.10. The fourth-order valence-electron chi connectivity index (χ4n) is 0.606. The van der Waals surface area contributed by atoms with Crippen LogP contribution in [0.3, 0.4) is 0 Å². The second kappa shape index (κ2) is 2.06. The Labute approximate surface area is 51.2 Å². The van der Waals surface area contributed by atoms with Gasteiger partial charge in [0, 0.05) is 0 Å². The molecule has 4 nitrogen and oxygen atoms in total. The molecule has 48 valence electrons. The van der Waals surface area contributed by atoms with Crippen molar-refractivity contribution < 1.29 is 14.4 Å². The third-order valence-electron chi connectivity index (χ3n) is 1.08. The van der Waals surface area contributed by atoms with Crippen molar-refractivity contribution >= 4 is 17.3 Å². The van der Waals surface area contributed by atoms with Crippen LogP contribution >= 0.6 is 0 Å². The minimum Gasteiger partial charge on any atom is -0.302 e. The Hall–Kier alpha value is -1.03. The van der Waals surface area contributed by atoms with E-state index < -0.39 is 17.3 Å². The zero-order chi connectivity index (χ0) is 6.85. The zero-order valence-electron chi connectivity index (χ0n) is 4.64. The lowest BCUT2D eigenvalue weighted by Crippen LogP contribution is -2.44. The van der Waals surface area contributed by atoms with Gasteiger partial charge in [-0.3, -0.25) is 14.4 Å². The quantitative estimate of drug-likeness (QED) is 0.394. The summed E-state index contributed by atoms with van der Waals surface area (Å²) >= 11 is 0. The van der Waals surface area contributed by atoms with Gasteiger partial charge in [0.05, 0.1) is 13.1 Å². The molecule has 0 saturated carbocycles. The minimum absolute atomic E-state index is 0.00454. The number of ketones is 3. The Bertz CT molecular complexity index is 167. The maximum Gasteiger partial charge on any atom is 0.266 e. The van der Waals surface area contributed by atoms with E-state index in [4.69, 9.17) is 0 Å². The Balaban J connectivity index is 2.74. The lowest BCUT2D eigenvalue weighted by molar-refractivity contribution is -0.144. The summed E-state index contributed by atoms with van der Waals surface area (Å²) in [5.74, 6) is -2.13. The van der Waals surface area contributed by atoms with Crippen molar-refractivity contribution in [1.82, 2.24) is 5.32 Å². The molecule has 0 spiro atoms. The molecule has 0 aliphatic carbocycles. The molecule has 1 saturated heterocycles. The summed E-state index contributed by atoms with van der Waals surface area (Å²) in [6.07, 6.45) is 0. The standard InChI is InChI=1S/C5H5NO3/c7-3-1-6-2-4(8)5(3)9/h6H,1-2H2. The summed E-state index contributed by atoms with van der Waals surface area (Å²) in [6.45, 7) is 0.00907. The highest BCUT2D eigenvalue weighted by Crippen LogP contribution is 1.84. The molecule has 1 aliphatic heterocycles. The van der Waals surface area contributed by atoms with Gasteiger partial charge in [0.1, 0.15) is 0 Å². The number of Topliss-reactive ketones (excluding diaryl/α,β-unsaturated/α-hetero) is 3. The molecule has 1 aliphatic rings. The molecule has 1 fully saturated rings. The first-order chi connectivity index (χ1) is 4.22. The van der Waals surface area contributed by atoms with Gasteiger partial charge in [-0.15, -0.1) is 0 Å². The minimum atomic E-state index is -0.867. The van der Waals surface area contributed by atoms with Crippen molar-refractivity contribution in [2.24, 2.45) is 0 Å². The number of hydrogen-bond acceptors (Lipinski definition) is 4. The van der Waals surface area contributed by atoms with Gasteiger partial charge < -0.3 is 5.32 Å². The van der Waals surface area contributed by atoms with Crippen molar-refractivity contribution in [2.75, 3.05) is 13.1 Å².